The Morgan fingerprint density at radius 2 is 1.59 bits per heavy atom. The molecule has 1 aromatic heterocycles. The number of rotatable bonds is 2. The molecule has 0 saturated carbocycles. The number of aryl methyl sites for hydroxylation is 1. The van der Waals surface area contributed by atoms with Crippen LogP contribution in [-0.4, -0.2) is 7.05 Å². The van der Waals surface area contributed by atoms with E-state index in [1.165, 1.54) is 16.5 Å². The van der Waals surface area contributed by atoms with Gasteiger partial charge < -0.3 is 9.64 Å². The van der Waals surface area contributed by atoms with Crippen LogP contribution >= 0.6 is 0 Å². The molecule has 0 N–H and O–H groups in total. The molecule has 1 aliphatic heterocycles. The van der Waals surface area contributed by atoms with Gasteiger partial charge in [-0.2, -0.15) is 4.57 Å². The van der Waals surface area contributed by atoms with E-state index in [0.717, 1.165) is 23.9 Å². The summed E-state index contributed by atoms with van der Waals surface area (Å²) in [7, 11) is 2.04. The van der Waals surface area contributed by atoms with Crippen molar-refractivity contribution < 1.29 is 9.30 Å². The van der Waals surface area contributed by atoms with E-state index in [1.54, 1.807) is 0 Å². The summed E-state index contributed by atoms with van der Waals surface area (Å²) in [5.41, 5.74) is 3.50. The second-order valence-corrected chi connectivity index (χ2v) is 5.69. The maximum atomic E-state index is 6.01. The number of hydrogen-bond donors (Lipinski definition) is 0. The van der Waals surface area contributed by atoms with Crippen molar-refractivity contribution in [3.63, 3.8) is 0 Å². The summed E-state index contributed by atoms with van der Waals surface area (Å²) >= 11 is 0. The molecule has 4 rings (SSSR count). The fourth-order valence-corrected chi connectivity index (χ4v) is 3.09. The van der Waals surface area contributed by atoms with Gasteiger partial charge in [0, 0.05) is 25.3 Å². The number of hydrogen-bond acceptors (Lipinski definition) is 2. The van der Waals surface area contributed by atoms with E-state index in [-0.39, 0.29) is 0 Å². The Balaban J connectivity index is 0.000000614. The summed E-state index contributed by atoms with van der Waals surface area (Å²) < 4.78 is 8.26. The van der Waals surface area contributed by atoms with Crippen LogP contribution in [0, 0.1) is 0 Å². The monoisotopic (exact) mass is 363 g/mol. The molecule has 0 amide bonds. The van der Waals surface area contributed by atoms with Crippen molar-refractivity contribution in [1.29, 1.82) is 0 Å². The predicted octanol–water partition coefficient (Wildman–Crippen LogP) is 6.03. The molecule has 142 valence electrons. The fraction of sp³-hybridized carbons (Fsp3) is 0.292. The van der Waals surface area contributed by atoms with Gasteiger partial charge in [0.05, 0.1) is 11.1 Å². The molecule has 3 heteroatoms. The van der Waals surface area contributed by atoms with Crippen molar-refractivity contribution >= 4 is 22.7 Å². The highest BCUT2D eigenvalue weighted by Gasteiger charge is 2.22. The first kappa shape index (κ1) is 20.5. The molecule has 3 nitrogen and oxygen atoms in total. The highest BCUT2D eigenvalue weighted by atomic mass is 16.5. The molecule has 0 bridgehead atoms. The van der Waals surface area contributed by atoms with Crippen molar-refractivity contribution in [3.05, 3.63) is 72.2 Å². The topological polar surface area (TPSA) is 16.4 Å². The molecular weight excluding hydrogens is 332 g/mol. The lowest BCUT2D eigenvalue weighted by molar-refractivity contribution is -0.667. The Labute approximate surface area is 163 Å². The molecule has 0 saturated heterocycles. The van der Waals surface area contributed by atoms with Crippen molar-refractivity contribution in [1.82, 2.24) is 0 Å². The highest BCUT2D eigenvalue weighted by molar-refractivity contribution is 5.86. The summed E-state index contributed by atoms with van der Waals surface area (Å²) in [5.74, 6) is 1.76. The minimum Gasteiger partial charge on any atom is -0.439 e. The van der Waals surface area contributed by atoms with Crippen molar-refractivity contribution in [2.24, 2.45) is 0 Å². The largest absolute Gasteiger partial charge is 0.439 e. The number of para-hydroxylation sites is 3. The van der Waals surface area contributed by atoms with Crippen LogP contribution in [0.25, 0.3) is 17.0 Å². The van der Waals surface area contributed by atoms with Gasteiger partial charge in [-0.15, -0.1) is 0 Å². The zero-order valence-corrected chi connectivity index (χ0v) is 17.4. The zero-order chi connectivity index (χ0) is 19.8. The molecule has 0 atom stereocenters. The molecule has 2 heterocycles. The molecule has 2 aromatic carbocycles. The molecule has 3 aromatic rings. The van der Waals surface area contributed by atoms with E-state index in [1.807, 2.05) is 52.9 Å². The van der Waals surface area contributed by atoms with Crippen LogP contribution < -0.4 is 14.2 Å². The average molecular weight is 364 g/mol. The van der Waals surface area contributed by atoms with Gasteiger partial charge in [0.2, 0.25) is 11.4 Å². The summed E-state index contributed by atoms with van der Waals surface area (Å²) in [6.45, 7) is 11.1. The number of ether oxygens (including phenoxy) is 1. The third kappa shape index (κ3) is 4.13. The SMILES string of the molecule is CC.CC.CC[n+]1ccc(/C=C2\Oc3ccccc3N2C)c2ccccc21. The maximum absolute atomic E-state index is 6.01. The quantitative estimate of drug-likeness (QED) is 0.517. The first-order valence-corrected chi connectivity index (χ1v) is 9.91. The number of aromatic nitrogens is 1. The molecule has 1 aliphatic rings. The predicted molar refractivity (Wildman–Crippen MR) is 116 cm³/mol. The first-order chi connectivity index (χ1) is 13.3. The number of fused-ring (bicyclic) bond motifs is 2. The van der Waals surface area contributed by atoms with E-state index in [4.69, 9.17) is 4.74 Å². The molecule has 0 unspecified atom stereocenters. The standard InChI is InChI=1S/C20H19N2O.2C2H6/c1-3-22-13-12-15(16-8-4-5-9-17(16)22)14-20-21(2)18-10-6-7-11-19(18)23-20;2*1-2/h4-14H,3H2,1-2H3;2*1-2H3/q+1;;. The smallest absolute Gasteiger partial charge is 0.213 e. The Morgan fingerprint density at radius 1 is 0.926 bits per heavy atom. The minimum atomic E-state index is 0.852. The summed E-state index contributed by atoms with van der Waals surface area (Å²) in [6.07, 6.45) is 4.25. The van der Waals surface area contributed by atoms with Crippen molar-refractivity contribution in [2.75, 3.05) is 11.9 Å². The minimum absolute atomic E-state index is 0.852. The van der Waals surface area contributed by atoms with Gasteiger partial charge in [-0.3, -0.25) is 0 Å². The molecule has 0 fully saturated rings. The lowest BCUT2D eigenvalue weighted by Gasteiger charge is -2.11. The number of nitrogens with zero attached hydrogens (tertiary/aromatic N) is 2. The van der Waals surface area contributed by atoms with Crippen LogP contribution in [0.5, 0.6) is 5.75 Å². The van der Waals surface area contributed by atoms with Gasteiger partial charge in [0.25, 0.3) is 0 Å². The molecule has 0 aliphatic carbocycles. The van der Waals surface area contributed by atoms with Crippen LogP contribution in [0.3, 0.4) is 0 Å². The van der Waals surface area contributed by atoms with Gasteiger partial charge in [-0.25, -0.2) is 0 Å². The fourth-order valence-electron chi connectivity index (χ4n) is 3.09. The van der Waals surface area contributed by atoms with E-state index in [9.17, 15) is 0 Å². The van der Waals surface area contributed by atoms with Crippen LogP contribution in [0.2, 0.25) is 0 Å². The summed E-state index contributed by atoms with van der Waals surface area (Å²) in [4.78, 5) is 2.09. The van der Waals surface area contributed by atoms with Crippen LogP contribution in [0.15, 0.2) is 66.7 Å². The summed E-state index contributed by atoms with van der Waals surface area (Å²) in [5, 5.41) is 1.23. The van der Waals surface area contributed by atoms with Gasteiger partial charge in [0.15, 0.2) is 11.9 Å². The number of anilines is 1. The van der Waals surface area contributed by atoms with Gasteiger partial charge >= 0.3 is 0 Å². The third-order valence-electron chi connectivity index (χ3n) is 4.35. The van der Waals surface area contributed by atoms with Crippen LogP contribution in [-0.2, 0) is 6.54 Å². The zero-order valence-electron chi connectivity index (χ0n) is 17.4. The van der Waals surface area contributed by atoms with E-state index in [0.29, 0.717) is 0 Å². The van der Waals surface area contributed by atoms with Gasteiger partial charge in [-0.1, -0.05) is 52.0 Å². The second kappa shape index (κ2) is 9.77. The molecule has 27 heavy (non-hydrogen) atoms. The Morgan fingerprint density at radius 3 is 2.30 bits per heavy atom. The summed E-state index contributed by atoms with van der Waals surface area (Å²) in [6, 6.07) is 18.7. The molecular formula is C24H31N2O+. The normalized spacial score (nSPS) is 13.3. The van der Waals surface area contributed by atoms with Gasteiger partial charge in [0.1, 0.15) is 6.54 Å². The van der Waals surface area contributed by atoms with Gasteiger partial charge in [-0.05, 0) is 30.7 Å². The lowest BCUT2D eigenvalue weighted by Crippen LogP contribution is -2.32. The molecule has 0 radical (unpaired) electrons. The lowest BCUT2D eigenvalue weighted by atomic mass is 10.1. The van der Waals surface area contributed by atoms with Crippen molar-refractivity contribution in [3.8, 4) is 5.75 Å². The highest BCUT2D eigenvalue weighted by Crippen LogP contribution is 2.38. The maximum Gasteiger partial charge on any atom is 0.213 e. The van der Waals surface area contributed by atoms with E-state index < -0.39 is 0 Å². The van der Waals surface area contributed by atoms with Crippen LogP contribution in [0.1, 0.15) is 40.2 Å². The molecule has 0 spiro atoms. The first-order valence-electron chi connectivity index (χ1n) is 9.91. The van der Waals surface area contributed by atoms with E-state index in [2.05, 4.69) is 65.1 Å². The van der Waals surface area contributed by atoms with E-state index >= 15 is 0 Å². The third-order valence-corrected chi connectivity index (χ3v) is 4.35. The van der Waals surface area contributed by atoms with Crippen LogP contribution in [0.4, 0.5) is 5.69 Å². The number of pyridine rings is 1. The number of benzene rings is 2. The Hall–Kier alpha value is -2.81. The Kier molecular flexibility index (Phi) is 7.42. The average Bonchev–Trinajstić information content (AvgIpc) is 3.07. The Bertz CT molecular complexity index is 915. The van der Waals surface area contributed by atoms with Crippen molar-refractivity contribution in [2.45, 2.75) is 41.2 Å². The second-order valence-electron chi connectivity index (χ2n) is 5.69.